The van der Waals surface area contributed by atoms with Crippen molar-refractivity contribution in [2.45, 2.75) is 18.7 Å². The first-order valence-electron chi connectivity index (χ1n) is 6.14. The second kappa shape index (κ2) is 5.58. The second-order valence-corrected chi connectivity index (χ2v) is 7.53. The van der Waals surface area contributed by atoms with Crippen LogP contribution in [-0.2, 0) is 10.0 Å². The molecule has 3 nitrogen and oxygen atoms in total. The molecule has 0 saturated carbocycles. The van der Waals surface area contributed by atoms with Gasteiger partial charge in [0, 0.05) is 11.5 Å². The number of hydrogen-bond acceptors (Lipinski definition) is 2. The Bertz CT molecular complexity index is 724. The van der Waals surface area contributed by atoms with Gasteiger partial charge in [-0.3, -0.25) is 4.31 Å². The van der Waals surface area contributed by atoms with E-state index < -0.39 is 10.0 Å². The predicted molar refractivity (Wildman–Crippen MR) is 85.6 cm³/mol. The molecule has 0 radical (unpaired) electrons. The van der Waals surface area contributed by atoms with Crippen LogP contribution in [0, 0.1) is 13.8 Å². The maximum absolute atomic E-state index is 12.6. The lowest BCUT2D eigenvalue weighted by Crippen LogP contribution is -2.26. The van der Waals surface area contributed by atoms with Gasteiger partial charge in [0.25, 0.3) is 10.0 Å². The topological polar surface area (TPSA) is 37.4 Å². The Kier molecular flexibility index (Phi) is 4.20. The molecule has 2 aromatic rings. The van der Waals surface area contributed by atoms with Gasteiger partial charge in [0.15, 0.2) is 0 Å². The lowest BCUT2D eigenvalue weighted by molar-refractivity contribution is 0.594. The van der Waals surface area contributed by atoms with Crippen LogP contribution in [0.2, 0.25) is 0 Å². The molecule has 0 bridgehead atoms. The summed E-state index contributed by atoms with van der Waals surface area (Å²) in [6, 6.07) is 12.6. The minimum Gasteiger partial charge on any atom is -0.269 e. The number of hydrogen-bond donors (Lipinski definition) is 0. The molecule has 0 N–H and O–H groups in total. The molecule has 20 heavy (non-hydrogen) atoms. The molecular weight excluding hydrogens is 338 g/mol. The summed E-state index contributed by atoms with van der Waals surface area (Å²) in [5, 5.41) is 0. The first-order valence-corrected chi connectivity index (χ1v) is 8.37. The molecule has 0 amide bonds. The predicted octanol–water partition coefficient (Wildman–Crippen LogP) is 3.89. The molecule has 0 aliphatic carbocycles. The monoisotopic (exact) mass is 353 g/mol. The van der Waals surface area contributed by atoms with Crippen LogP contribution in [0.1, 0.15) is 11.1 Å². The van der Waals surface area contributed by atoms with E-state index >= 15 is 0 Å². The van der Waals surface area contributed by atoms with Crippen molar-refractivity contribution in [3.63, 3.8) is 0 Å². The van der Waals surface area contributed by atoms with E-state index in [1.54, 1.807) is 37.4 Å². The molecule has 0 aliphatic rings. The smallest absolute Gasteiger partial charge is 0.265 e. The van der Waals surface area contributed by atoms with Crippen LogP contribution in [0.5, 0.6) is 0 Å². The summed E-state index contributed by atoms with van der Waals surface area (Å²) in [5.74, 6) is 0. The van der Waals surface area contributed by atoms with Crippen molar-refractivity contribution < 1.29 is 8.42 Å². The molecule has 2 rings (SSSR count). The highest BCUT2D eigenvalue weighted by atomic mass is 79.9. The van der Waals surface area contributed by atoms with Crippen LogP contribution in [0.25, 0.3) is 0 Å². The molecule has 0 fully saturated rings. The van der Waals surface area contributed by atoms with E-state index in [2.05, 4.69) is 15.9 Å². The molecule has 0 spiro atoms. The van der Waals surface area contributed by atoms with Crippen molar-refractivity contribution in [1.29, 1.82) is 0 Å². The van der Waals surface area contributed by atoms with Gasteiger partial charge in [-0.25, -0.2) is 8.42 Å². The SMILES string of the molecule is Cc1ccc(N(C)S(=O)(=O)c2ccc(C)cc2Br)cc1. The standard InChI is InChI=1S/C15H16BrNO2S/c1-11-4-7-13(8-5-11)17(3)20(18,19)15-9-6-12(2)10-14(15)16/h4-10H,1-3H3. The number of nitrogens with zero attached hydrogens (tertiary/aromatic N) is 1. The van der Waals surface area contributed by atoms with E-state index in [1.807, 2.05) is 26.0 Å². The Labute approximate surface area is 128 Å². The number of rotatable bonds is 3. The minimum atomic E-state index is -3.57. The van der Waals surface area contributed by atoms with Gasteiger partial charge in [0.1, 0.15) is 4.90 Å². The molecule has 2 aromatic carbocycles. The third kappa shape index (κ3) is 2.88. The van der Waals surface area contributed by atoms with Gasteiger partial charge < -0.3 is 0 Å². The van der Waals surface area contributed by atoms with Gasteiger partial charge in [0.2, 0.25) is 0 Å². The number of benzene rings is 2. The minimum absolute atomic E-state index is 0.270. The van der Waals surface area contributed by atoms with Crippen LogP contribution in [0.3, 0.4) is 0 Å². The van der Waals surface area contributed by atoms with Crippen LogP contribution >= 0.6 is 15.9 Å². The number of halogens is 1. The Hall–Kier alpha value is -1.33. The van der Waals surface area contributed by atoms with Crippen LogP contribution in [-0.4, -0.2) is 15.5 Å². The van der Waals surface area contributed by atoms with Gasteiger partial charge in [-0.15, -0.1) is 0 Å². The average Bonchev–Trinajstić information content (AvgIpc) is 2.38. The summed E-state index contributed by atoms with van der Waals surface area (Å²) >= 11 is 3.33. The molecule has 0 heterocycles. The lowest BCUT2D eigenvalue weighted by atomic mass is 10.2. The van der Waals surface area contributed by atoms with Crippen molar-refractivity contribution in [3.05, 3.63) is 58.1 Å². The summed E-state index contributed by atoms with van der Waals surface area (Å²) in [4.78, 5) is 0.270. The molecule has 5 heteroatoms. The van der Waals surface area contributed by atoms with Gasteiger partial charge in [0.05, 0.1) is 5.69 Å². The first kappa shape index (κ1) is 15.1. The molecule has 0 atom stereocenters. The van der Waals surface area contributed by atoms with E-state index in [1.165, 1.54) is 4.31 Å². The summed E-state index contributed by atoms with van der Waals surface area (Å²) in [6.07, 6.45) is 0. The zero-order valence-electron chi connectivity index (χ0n) is 11.6. The van der Waals surface area contributed by atoms with Crippen molar-refractivity contribution in [2.75, 3.05) is 11.4 Å². The summed E-state index contributed by atoms with van der Waals surface area (Å²) in [7, 11) is -2.00. The maximum Gasteiger partial charge on any atom is 0.265 e. The Morgan fingerprint density at radius 1 is 0.950 bits per heavy atom. The fourth-order valence-electron chi connectivity index (χ4n) is 1.86. The second-order valence-electron chi connectivity index (χ2n) is 4.74. The lowest BCUT2D eigenvalue weighted by Gasteiger charge is -2.20. The van der Waals surface area contributed by atoms with Crippen molar-refractivity contribution >= 4 is 31.6 Å². The summed E-state index contributed by atoms with van der Waals surface area (Å²) in [5.41, 5.74) is 2.74. The normalized spacial score (nSPS) is 11.4. The molecule has 0 aliphatic heterocycles. The highest BCUT2D eigenvalue weighted by Crippen LogP contribution is 2.28. The van der Waals surface area contributed by atoms with Gasteiger partial charge >= 0.3 is 0 Å². The van der Waals surface area contributed by atoms with Crippen LogP contribution in [0.4, 0.5) is 5.69 Å². The molecular formula is C15H16BrNO2S. The van der Waals surface area contributed by atoms with Crippen molar-refractivity contribution in [3.8, 4) is 0 Å². The van der Waals surface area contributed by atoms with Crippen LogP contribution < -0.4 is 4.31 Å². The summed E-state index contributed by atoms with van der Waals surface area (Å²) < 4.78 is 27.2. The van der Waals surface area contributed by atoms with Crippen molar-refractivity contribution in [1.82, 2.24) is 0 Å². The molecule has 106 valence electrons. The highest BCUT2D eigenvalue weighted by molar-refractivity contribution is 9.10. The largest absolute Gasteiger partial charge is 0.269 e. The number of aryl methyl sites for hydroxylation is 2. The van der Waals surface area contributed by atoms with E-state index in [4.69, 9.17) is 0 Å². The van der Waals surface area contributed by atoms with E-state index in [0.29, 0.717) is 10.2 Å². The summed E-state index contributed by atoms with van der Waals surface area (Å²) in [6.45, 7) is 3.89. The Morgan fingerprint density at radius 3 is 2.05 bits per heavy atom. The average molecular weight is 354 g/mol. The molecule has 0 saturated heterocycles. The number of anilines is 1. The number of sulfonamides is 1. The third-order valence-electron chi connectivity index (χ3n) is 3.12. The van der Waals surface area contributed by atoms with E-state index in [9.17, 15) is 8.42 Å². The maximum atomic E-state index is 12.6. The fraction of sp³-hybridized carbons (Fsp3) is 0.200. The Balaban J connectivity index is 2.46. The first-order chi connectivity index (χ1) is 9.32. The zero-order valence-corrected chi connectivity index (χ0v) is 14.0. The van der Waals surface area contributed by atoms with E-state index in [-0.39, 0.29) is 4.90 Å². The van der Waals surface area contributed by atoms with E-state index in [0.717, 1.165) is 11.1 Å². The Morgan fingerprint density at radius 2 is 1.50 bits per heavy atom. The third-order valence-corrected chi connectivity index (χ3v) is 5.89. The van der Waals surface area contributed by atoms with Gasteiger partial charge in [-0.2, -0.15) is 0 Å². The van der Waals surface area contributed by atoms with Gasteiger partial charge in [-0.05, 0) is 59.6 Å². The molecule has 0 aromatic heterocycles. The fourth-order valence-corrected chi connectivity index (χ4v) is 4.20. The van der Waals surface area contributed by atoms with Gasteiger partial charge in [-0.1, -0.05) is 23.8 Å². The molecule has 0 unspecified atom stereocenters. The highest BCUT2D eigenvalue weighted by Gasteiger charge is 2.23. The quantitative estimate of drug-likeness (QED) is 0.839. The van der Waals surface area contributed by atoms with Crippen molar-refractivity contribution in [2.24, 2.45) is 0 Å². The zero-order chi connectivity index (χ0) is 14.9. The van der Waals surface area contributed by atoms with Crippen LogP contribution in [0.15, 0.2) is 51.8 Å².